The number of fused-ring (bicyclic) bond motifs is 1. The van der Waals surface area contributed by atoms with Crippen LogP contribution in [0.4, 0.5) is 20.2 Å². The number of para-hydroxylation sites is 1. The quantitative estimate of drug-likeness (QED) is 0.915. The Labute approximate surface area is 120 Å². The van der Waals surface area contributed by atoms with Gasteiger partial charge in [0.2, 0.25) is 0 Å². The maximum absolute atomic E-state index is 14.2. The molecule has 2 aromatic carbocycles. The molecule has 3 nitrogen and oxygen atoms in total. The van der Waals surface area contributed by atoms with E-state index in [1.54, 1.807) is 4.90 Å². The zero-order valence-corrected chi connectivity index (χ0v) is 11.1. The minimum atomic E-state index is -1.35. The smallest absolute Gasteiger partial charge is 0.335 e. The molecule has 0 unspecified atom stereocenters. The molecule has 1 heterocycles. The number of nitrogens with zero attached hydrogens (tertiary/aromatic N) is 1. The van der Waals surface area contributed by atoms with Gasteiger partial charge in [-0.25, -0.2) is 13.6 Å². The summed E-state index contributed by atoms with van der Waals surface area (Å²) in [6.45, 7) is 0.497. The van der Waals surface area contributed by atoms with E-state index in [4.69, 9.17) is 5.11 Å². The lowest BCUT2D eigenvalue weighted by atomic mass is 10.0. The molecule has 0 aliphatic carbocycles. The highest BCUT2D eigenvalue weighted by Crippen LogP contribution is 2.36. The molecule has 108 valence electrons. The molecule has 21 heavy (non-hydrogen) atoms. The van der Waals surface area contributed by atoms with Gasteiger partial charge in [0.1, 0.15) is 5.69 Å². The number of halogens is 2. The molecule has 0 spiro atoms. The van der Waals surface area contributed by atoms with Crippen molar-refractivity contribution in [2.24, 2.45) is 0 Å². The maximum atomic E-state index is 14.2. The molecule has 0 saturated carbocycles. The largest absolute Gasteiger partial charge is 0.478 e. The number of hydrogen-bond acceptors (Lipinski definition) is 2. The second kappa shape index (κ2) is 5.16. The first kappa shape index (κ1) is 13.5. The summed E-state index contributed by atoms with van der Waals surface area (Å²) in [5.41, 5.74) is 1.22. The Kier molecular flexibility index (Phi) is 3.33. The SMILES string of the molecule is O=C(O)c1cc(F)c(N2CCCc3ccccc32)c(F)c1. The number of aryl methyl sites for hydroxylation is 1. The molecule has 1 aliphatic rings. The molecular formula is C16H13F2NO2. The van der Waals surface area contributed by atoms with Gasteiger partial charge >= 0.3 is 5.97 Å². The number of carboxylic acid groups (broad SMARTS) is 1. The molecule has 0 bridgehead atoms. The van der Waals surface area contributed by atoms with Gasteiger partial charge in [0, 0.05) is 12.2 Å². The lowest BCUT2D eigenvalue weighted by Crippen LogP contribution is -2.26. The number of benzene rings is 2. The van der Waals surface area contributed by atoms with Crippen molar-refractivity contribution in [2.75, 3.05) is 11.4 Å². The summed E-state index contributed by atoms with van der Waals surface area (Å²) in [5, 5.41) is 8.85. The second-order valence-electron chi connectivity index (χ2n) is 4.98. The molecule has 0 aromatic heterocycles. The number of rotatable bonds is 2. The van der Waals surface area contributed by atoms with Crippen LogP contribution in [0.15, 0.2) is 36.4 Å². The predicted molar refractivity (Wildman–Crippen MR) is 75.1 cm³/mol. The van der Waals surface area contributed by atoms with E-state index in [0.717, 1.165) is 36.2 Å². The van der Waals surface area contributed by atoms with Crippen LogP contribution in [0.5, 0.6) is 0 Å². The molecule has 5 heteroatoms. The monoisotopic (exact) mass is 289 g/mol. The van der Waals surface area contributed by atoms with Crippen molar-refractivity contribution in [2.45, 2.75) is 12.8 Å². The predicted octanol–water partition coefficient (Wildman–Crippen LogP) is 3.75. The minimum absolute atomic E-state index is 0.188. The fourth-order valence-corrected chi connectivity index (χ4v) is 2.71. The van der Waals surface area contributed by atoms with Crippen LogP contribution in [0, 0.1) is 11.6 Å². The van der Waals surface area contributed by atoms with E-state index in [-0.39, 0.29) is 11.3 Å². The molecular weight excluding hydrogens is 276 g/mol. The molecule has 2 aromatic rings. The van der Waals surface area contributed by atoms with E-state index in [1.165, 1.54) is 0 Å². The van der Waals surface area contributed by atoms with Crippen molar-refractivity contribution >= 4 is 17.3 Å². The Hall–Kier alpha value is -2.43. The number of aromatic carboxylic acids is 1. The van der Waals surface area contributed by atoms with Gasteiger partial charge in [-0.2, -0.15) is 0 Å². The van der Waals surface area contributed by atoms with Crippen LogP contribution < -0.4 is 4.90 Å². The van der Waals surface area contributed by atoms with E-state index in [2.05, 4.69) is 0 Å². The Morgan fingerprint density at radius 2 is 1.81 bits per heavy atom. The minimum Gasteiger partial charge on any atom is -0.478 e. The first-order chi connectivity index (χ1) is 10.1. The number of hydrogen-bond donors (Lipinski definition) is 1. The average molecular weight is 289 g/mol. The third-order valence-electron chi connectivity index (χ3n) is 3.64. The third-order valence-corrected chi connectivity index (χ3v) is 3.64. The molecule has 0 atom stereocenters. The molecule has 1 aliphatic heterocycles. The highest BCUT2D eigenvalue weighted by Gasteiger charge is 2.24. The van der Waals surface area contributed by atoms with Crippen molar-refractivity contribution < 1.29 is 18.7 Å². The van der Waals surface area contributed by atoms with Crippen molar-refractivity contribution in [3.63, 3.8) is 0 Å². The highest BCUT2D eigenvalue weighted by atomic mass is 19.1. The van der Waals surface area contributed by atoms with Gasteiger partial charge in [-0.3, -0.25) is 0 Å². The Bertz CT molecular complexity index is 692. The normalized spacial score (nSPS) is 13.9. The topological polar surface area (TPSA) is 40.5 Å². The fraction of sp³-hybridized carbons (Fsp3) is 0.188. The summed E-state index contributed by atoms with van der Waals surface area (Å²) in [4.78, 5) is 12.4. The molecule has 0 radical (unpaired) electrons. The maximum Gasteiger partial charge on any atom is 0.335 e. The van der Waals surface area contributed by atoms with Gasteiger partial charge in [0.15, 0.2) is 11.6 Å². The molecule has 0 fully saturated rings. The van der Waals surface area contributed by atoms with Crippen molar-refractivity contribution in [1.29, 1.82) is 0 Å². The van der Waals surface area contributed by atoms with Crippen molar-refractivity contribution in [3.8, 4) is 0 Å². The molecule has 1 N–H and O–H groups in total. The summed E-state index contributed by atoms with van der Waals surface area (Å²) in [5.74, 6) is -3.06. The number of anilines is 2. The zero-order chi connectivity index (χ0) is 15.0. The van der Waals surface area contributed by atoms with Gasteiger partial charge < -0.3 is 10.0 Å². The van der Waals surface area contributed by atoms with Gasteiger partial charge in [-0.05, 0) is 36.6 Å². The van der Waals surface area contributed by atoms with Gasteiger partial charge in [-0.15, -0.1) is 0 Å². The second-order valence-corrected chi connectivity index (χ2v) is 4.98. The Morgan fingerprint density at radius 1 is 1.14 bits per heavy atom. The number of carbonyl (C=O) groups is 1. The van der Waals surface area contributed by atoms with Crippen LogP contribution in [0.1, 0.15) is 22.3 Å². The Balaban J connectivity index is 2.12. The van der Waals surface area contributed by atoms with Crippen LogP contribution in [0.25, 0.3) is 0 Å². The van der Waals surface area contributed by atoms with Crippen LogP contribution >= 0.6 is 0 Å². The first-order valence-electron chi connectivity index (χ1n) is 6.65. The van der Waals surface area contributed by atoms with E-state index < -0.39 is 17.6 Å². The van der Waals surface area contributed by atoms with E-state index in [0.29, 0.717) is 6.54 Å². The van der Waals surface area contributed by atoms with Gasteiger partial charge in [0.05, 0.1) is 5.56 Å². The van der Waals surface area contributed by atoms with Gasteiger partial charge in [0.25, 0.3) is 0 Å². The highest BCUT2D eigenvalue weighted by molar-refractivity contribution is 5.88. The Morgan fingerprint density at radius 3 is 2.48 bits per heavy atom. The van der Waals surface area contributed by atoms with Crippen LogP contribution in [-0.4, -0.2) is 17.6 Å². The third kappa shape index (κ3) is 2.35. The fourth-order valence-electron chi connectivity index (χ4n) is 2.71. The lowest BCUT2D eigenvalue weighted by molar-refractivity contribution is 0.0696. The summed E-state index contributed by atoms with van der Waals surface area (Å²) >= 11 is 0. The zero-order valence-electron chi connectivity index (χ0n) is 11.1. The van der Waals surface area contributed by atoms with Crippen molar-refractivity contribution in [3.05, 3.63) is 59.2 Å². The van der Waals surface area contributed by atoms with Crippen LogP contribution in [-0.2, 0) is 6.42 Å². The van der Waals surface area contributed by atoms with Crippen molar-refractivity contribution in [1.82, 2.24) is 0 Å². The summed E-state index contributed by atoms with van der Waals surface area (Å²) in [7, 11) is 0. The van der Waals surface area contributed by atoms with Crippen LogP contribution in [0.2, 0.25) is 0 Å². The van der Waals surface area contributed by atoms with E-state index in [9.17, 15) is 13.6 Å². The van der Waals surface area contributed by atoms with E-state index >= 15 is 0 Å². The summed E-state index contributed by atoms with van der Waals surface area (Å²) in [6.07, 6.45) is 1.65. The molecule has 3 rings (SSSR count). The number of carboxylic acids is 1. The van der Waals surface area contributed by atoms with E-state index in [1.807, 2.05) is 24.3 Å². The lowest BCUT2D eigenvalue weighted by Gasteiger charge is -2.31. The first-order valence-corrected chi connectivity index (χ1v) is 6.65. The standard InChI is InChI=1S/C16H13F2NO2/c17-12-8-11(16(20)21)9-13(18)15(12)19-7-3-5-10-4-1-2-6-14(10)19/h1-2,4,6,8-9H,3,5,7H2,(H,20,21). The average Bonchev–Trinajstić information content (AvgIpc) is 2.46. The summed E-state index contributed by atoms with van der Waals surface area (Å²) < 4.78 is 28.4. The molecule has 0 amide bonds. The van der Waals surface area contributed by atoms with Gasteiger partial charge in [-0.1, -0.05) is 18.2 Å². The summed E-state index contributed by atoms with van der Waals surface area (Å²) in [6, 6.07) is 9.18. The van der Waals surface area contributed by atoms with Crippen LogP contribution in [0.3, 0.4) is 0 Å². The molecule has 0 saturated heterocycles.